The van der Waals surface area contributed by atoms with Crippen LogP contribution >= 0.6 is 0 Å². The Hall–Kier alpha value is -2.42. The summed E-state index contributed by atoms with van der Waals surface area (Å²) in [6, 6.07) is 0. The van der Waals surface area contributed by atoms with Gasteiger partial charge in [-0.05, 0) is 118 Å². The van der Waals surface area contributed by atoms with Gasteiger partial charge in [-0.3, -0.25) is 9.80 Å². The summed E-state index contributed by atoms with van der Waals surface area (Å²) in [5.41, 5.74) is 1.59. The molecule has 1 N–H and O–H groups in total. The molecule has 8 heterocycles. The maximum atomic E-state index is 12.9. The van der Waals surface area contributed by atoms with Crippen molar-refractivity contribution in [3.05, 3.63) is 23.3 Å². The van der Waals surface area contributed by atoms with E-state index in [9.17, 15) is 9.59 Å². The van der Waals surface area contributed by atoms with Crippen LogP contribution in [0.15, 0.2) is 23.3 Å². The Morgan fingerprint density at radius 1 is 0.620 bits per heavy atom. The van der Waals surface area contributed by atoms with Crippen LogP contribution in [0.25, 0.3) is 0 Å². The fraction of sp³-hybridized carbons (Fsp3) is 0.889. The Bertz CT molecular complexity index is 1670. The van der Waals surface area contributed by atoms with E-state index in [4.69, 9.17) is 52.5 Å². The van der Waals surface area contributed by atoms with Crippen LogP contribution in [0, 0.1) is 23.7 Å². The van der Waals surface area contributed by atoms with Gasteiger partial charge in [0.15, 0.2) is 0 Å². The molecule has 2 aliphatic carbocycles. The van der Waals surface area contributed by atoms with Crippen molar-refractivity contribution >= 4 is 12.2 Å². The van der Waals surface area contributed by atoms with Crippen LogP contribution in [0.5, 0.6) is 0 Å². The van der Waals surface area contributed by atoms with Gasteiger partial charge in [0.1, 0.15) is 46.8 Å². The number of amides is 2. The SMILES string of the molecule is C.CO.CO[C@@H]1[C@H](OC(=O)N2CC(CCN3CCOCC3)C2)CC[C@]2(CO2)[C@H]1[C@@]1(C)O[C@@H]1CC=C(C)C.CO[C@@H]1[C@H](OC(=O)N2CC(CCN3CCOCC3)C2)CC[C@]2(CO2)[C@H]1[C@@]1(C)O[C@@H]1CC=C(C)C. The first kappa shape index (κ1) is 56.3. The van der Waals surface area contributed by atoms with Crippen LogP contribution in [0.4, 0.5) is 9.59 Å². The minimum Gasteiger partial charge on any atom is -0.443 e. The Morgan fingerprint density at radius 3 is 1.28 bits per heavy atom. The van der Waals surface area contributed by atoms with E-state index < -0.39 is 0 Å². The Morgan fingerprint density at radius 2 is 0.972 bits per heavy atom. The van der Waals surface area contributed by atoms with Crippen LogP contribution < -0.4 is 0 Å². The molecule has 8 saturated heterocycles. The van der Waals surface area contributed by atoms with E-state index in [1.165, 1.54) is 11.1 Å². The minimum atomic E-state index is -0.310. The molecule has 17 nitrogen and oxygen atoms in total. The maximum absolute atomic E-state index is 12.9. The normalized spacial score (nSPS) is 38.5. The number of methoxy groups -OCH3 is 2. The van der Waals surface area contributed by atoms with Crippen molar-refractivity contribution < 1.29 is 62.1 Å². The second-order valence-electron chi connectivity index (χ2n) is 22.6. The summed E-state index contributed by atoms with van der Waals surface area (Å²) in [4.78, 5) is 34.5. The van der Waals surface area contributed by atoms with Crippen LogP contribution in [-0.4, -0.2) is 222 Å². The molecule has 8 aliphatic heterocycles. The van der Waals surface area contributed by atoms with E-state index in [0.29, 0.717) is 11.8 Å². The molecule has 0 aromatic carbocycles. The largest absolute Gasteiger partial charge is 0.443 e. The molecule has 12 atom stereocenters. The number of carbonyl (C=O) groups excluding carboxylic acids is 2. The van der Waals surface area contributed by atoms with E-state index in [1.54, 1.807) is 14.2 Å². The number of likely N-dealkylation sites (tertiary alicyclic amines) is 2. The first-order valence-corrected chi connectivity index (χ1v) is 26.6. The number of hydrogen-bond acceptors (Lipinski definition) is 15. The van der Waals surface area contributed by atoms with E-state index in [0.717, 1.165) is 164 Å². The number of ether oxygens (including phenoxy) is 10. The monoisotopic (exact) mass is 1000 g/mol. The van der Waals surface area contributed by atoms with Crippen molar-refractivity contribution in [1.29, 1.82) is 0 Å². The standard InChI is InChI=1S/2C26H42N2O6.CH4O.CH4/c2*1-18(2)5-6-21-25(3,34-21)23-22(30-4)20(7-9-26(23)17-32-26)33-24(29)28-15-19(16-28)8-10-27-11-13-31-14-12-27;1-2;/h2*5,19-23H,6-17H2,1-4H3;2H,1H3;1H4/t2*20-,21-,22-,23-,25+,26+;;/m11../s1. The number of aliphatic hydroxyl groups is 1. The molecule has 17 heteroatoms. The van der Waals surface area contributed by atoms with Crippen molar-refractivity contribution in [1.82, 2.24) is 19.6 Å². The highest BCUT2D eigenvalue weighted by Crippen LogP contribution is 2.61. The fourth-order valence-electron chi connectivity index (χ4n) is 12.7. The molecular formula is C54H92N4O13. The molecule has 0 unspecified atom stereocenters. The third kappa shape index (κ3) is 13.0. The van der Waals surface area contributed by atoms with Gasteiger partial charge >= 0.3 is 12.2 Å². The first-order valence-electron chi connectivity index (χ1n) is 26.6. The van der Waals surface area contributed by atoms with E-state index in [-0.39, 0.29) is 90.5 Å². The molecule has 0 aromatic heterocycles. The number of allylic oxidation sites excluding steroid dienone is 2. The molecule has 2 amide bonds. The highest BCUT2D eigenvalue weighted by atomic mass is 16.6. The topological polar surface area (TPSA) is 173 Å². The van der Waals surface area contributed by atoms with Crippen molar-refractivity contribution in [3.63, 3.8) is 0 Å². The number of aliphatic hydroxyl groups excluding tert-OH is 1. The third-order valence-electron chi connectivity index (χ3n) is 17.3. The second-order valence-corrected chi connectivity index (χ2v) is 22.6. The molecule has 406 valence electrons. The van der Waals surface area contributed by atoms with Crippen LogP contribution in [0.3, 0.4) is 0 Å². The number of rotatable bonds is 16. The molecule has 10 aliphatic rings. The molecule has 10 rings (SSSR count). The average molecular weight is 1010 g/mol. The van der Waals surface area contributed by atoms with Crippen molar-refractivity contribution in [2.75, 3.05) is 126 Å². The molecule has 71 heavy (non-hydrogen) atoms. The van der Waals surface area contributed by atoms with Crippen molar-refractivity contribution in [2.45, 2.75) is 159 Å². The van der Waals surface area contributed by atoms with Gasteiger partial charge in [0.05, 0.1) is 63.7 Å². The zero-order valence-electron chi connectivity index (χ0n) is 44.0. The Labute approximate surface area is 425 Å². The Balaban J connectivity index is 0.000000199. The number of hydrogen-bond donors (Lipinski definition) is 1. The van der Waals surface area contributed by atoms with Gasteiger partial charge in [0.25, 0.3) is 0 Å². The lowest BCUT2D eigenvalue weighted by Gasteiger charge is -2.44. The zero-order chi connectivity index (χ0) is 49.8. The number of morpholine rings is 2. The van der Waals surface area contributed by atoms with Gasteiger partial charge in [-0.1, -0.05) is 30.7 Å². The van der Waals surface area contributed by atoms with Gasteiger partial charge in [0.2, 0.25) is 0 Å². The molecule has 2 spiro atoms. The van der Waals surface area contributed by atoms with Gasteiger partial charge in [0, 0.05) is 73.7 Å². The number of nitrogens with zero attached hydrogens (tertiary/aromatic N) is 4. The summed E-state index contributed by atoms with van der Waals surface area (Å²) in [6.45, 7) is 27.0. The molecule has 10 fully saturated rings. The lowest BCUT2D eigenvalue weighted by molar-refractivity contribution is -0.124. The molecule has 2 saturated carbocycles. The smallest absolute Gasteiger partial charge is 0.410 e. The van der Waals surface area contributed by atoms with Crippen LogP contribution in [0.1, 0.15) is 100 Å². The summed E-state index contributed by atoms with van der Waals surface area (Å²) in [5, 5.41) is 7.00. The van der Waals surface area contributed by atoms with E-state index in [1.807, 2.05) is 9.80 Å². The summed E-state index contributed by atoms with van der Waals surface area (Å²) in [6.07, 6.45) is 10.7. The lowest BCUT2D eigenvalue weighted by Crippen LogP contribution is -2.57. The third-order valence-corrected chi connectivity index (χ3v) is 17.3. The quantitative estimate of drug-likeness (QED) is 0.142. The maximum Gasteiger partial charge on any atom is 0.410 e. The second kappa shape index (κ2) is 24.1. The molecule has 0 bridgehead atoms. The van der Waals surface area contributed by atoms with Crippen LogP contribution in [0.2, 0.25) is 0 Å². The number of epoxide rings is 4. The first-order chi connectivity index (χ1) is 33.7. The van der Waals surface area contributed by atoms with E-state index in [2.05, 4.69) is 63.5 Å². The summed E-state index contributed by atoms with van der Waals surface area (Å²) in [7, 11) is 4.45. The predicted octanol–water partition coefficient (Wildman–Crippen LogP) is 5.95. The van der Waals surface area contributed by atoms with Gasteiger partial charge in [-0.15, -0.1) is 0 Å². The molecule has 0 radical (unpaired) electrons. The molecular weight excluding hydrogens is 913 g/mol. The summed E-state index contributed by atoms with van der Waals surface area (Å²) in [5.74, 6) is 1.24. The number of carbonyl (C=O) groups is 2. The Kier molecular flexibility index (Phi) is 19.1. The fourth-order valence-corrected chi connectivity index (χ4v) is 12.7. The van der Waals surface area contributed by atoms with Crippen molar-refractivity contribution in [3.8, 4) is 0 Å². The highest BCUT2D eigenvalue weighted by Gasteiger charge is 2.73. The van der Waals surface area contributed by atoms with Crippen molar-refractivity contribution in [2.24, 2.45) is 23.7 Å². The summed E-state index contributed by atoms with van der Waals surface area (Å²) < 4.78 is 59.5. The van der Waals surface area contributed by atoms with Gasteiger partial charge in [-0.2, -0.15) is 0 Å². The zero-order valence-corrected chi connectivity index (χ0v) is 44.0. The lowest BCUT2D eigenvalue weighted by atomic mass is 9.68. The van der Waals surface area contributed by atoms with Gasteiger partial charge < -0.3 is 62.3 Å². The summed E-state index contributed by atoms with van der Waals surface area (Å²) >= 11 is 0. The minimum absolute atomic E-state index is 0. The average Bonchev–Trinajstić information content (AvgIpc) is 4.22. The van der Waals surface area contributed by atoms with Gasteiger partial charge in [-0.25, -0.2) is 9.59 Å². The van der Waals surface area contributed by atoms with Crippen LogP contribution in [-0.2, 0) is 47.4 Å². The molecule has 0 aromatic rings. The van der Waals surface area contributed by atoms with E-state index >= 15 is 0 Å². The highest BCUT2D eigenvalue weighted by molar-refractivity contribution is 5.69. The predicted molar refractivity (Wildman–Crippen MR) is 268 cm³/mol.